The maximum atomic E-state index is 10.8. The summed E-state index contributed by atoms with van der Waals surface area (Å²) in [6.45, 7) is -0.497. The van der Waals surface area contributed by atoms with Crippen LogP contribution in [0.5, 0.6) is 0 Å². The molecule has 0 saturated carbocycles. The van der Waals surface area contributed by atoms with Crippen molar-refractivity contribution >= 4 is 28.1 Å². The molecule has 0 aliphatic rings. The predicted octanol–water partition coefficient (Wildman–Crippen LogP) is 0.723. The maximum Gasteiger partial charge on any atom is 0.209 e. The Morgan fingerprint density at radius 1 is 1.56 bits per heavy atom. The van der Waals surface area contributed by atoms with Gasteiger partial charge < -0.3 is 10.0 Å². The monoisotopic (exact) mass is 288 g/mol. The van der Waals surface area contributed by atoms with E-state index in [0.29, 0.717) is 4.60 Å². The Labute approximate surface area is 102 Å². The summed E-state index contributed by atoms with van der Waals surface area (Å²) in [6, 6.07) is 4.97. The smallest absolute Gasteiger partial charge is 0.209 e. The van der Waals surface area contributed by atoms with Crippen LogP contribution in [-0.2, 0) is 4.79 Å². The molecule has 0 radical (unpaired) electrons. The number of aromatic nitrogens is 1. The van der Waals surface area contributed by atoms with Crippen molar-refractivity contribution in [2.75, 3.05) is 20.7 Å². The third-order valence-corrected chi connectivity index (χ3v) is 1.80. The van der Waals surface area contributed by atoms with Crippen molar-refractivity contribution in [2.45, 2.75) is 0 Å². The molecule has 88 valence electrons. The van der Waals surface area contributed by atoms with Crippen LogP contribution < -0.4 is 0 Å². The van der Waals surface area contributed by atoms with Gasteiger partial charge in [0.1, 0.15) is 16.9 Å². The molecule has 1 aromatic heterocycles. The first-order valence-corrected chi connectivity index (χ1v) is 5.19. The van der Waals surface area contributed by atoms with Crippen LogP contribution in [0.25, 0.3) is 0 Å². The lowest BCUT2D eigenvalue weighted by molar-refractivity contribution is -0.115. The van der Waals surface area contributed by atoms with E-state index in [1.807, 2.05) is 0 Å². The minimum Gasteiger partial charge on any atom is -0.388 e. The number of amides is 1. The van der Waals surface area contributed by atoms with Crippen molar-refractivity contribution in [3.05, 3.63) is 28.5 Å². The van der Waals surface area contributed by atoms with E-state index in [-0.39, 0.29) is 11.5 Å². The molecule has 0 spiro atoms. The van der Waals surface area contributed by atoms with Crippen molar-refractivity contribution in [1.82, 2.24) is 9.88 Å². The molecule has 1 N–H and O–H groups in total. The highest BCUT2D eigenvalue weighted by molar-refractivity contribution is 9.10. The summed E-state index contributed by atoms with van der Waals surface area (Å²) in [5.74, 6) is -0.369. The Kier molecular flexibility index (Phi) is 7.32. The molecule has 0 atom stereocenters. The van der Waals surface area contributed by atoms with E-state index in [1.165, 1.54) is 4.90 Å². The van der Waals surface area contributed by atoms with Gasteiger partial charge in [-0.1, -0.05) is 6.07 Å². The summed E-state index contributed by atoms with van der Waals surface area (Å²) in [5, 5.41) is 8.47. The summed E-state index contributed by atoms with van der Waals surface area (Å²) in [6.07, 6.45) is 0.750. The minimum atomic E-state index is -0.497. The number of ketones is 1. The van der Waals surface area contributed by atoms with Gasteiger partial charge in [-0.3, -0.25) is 9.59 Å². The number of rotatable bonds is 3. The third kappa shape index (κ3) is 6.26. The van der Waals surface area contributed by atoms with Gasteiger partial charge in [-0.2, -0.15) is 0 Å². The second-order valence-electron chi connectivity index (χ2n) is 3.00. The van der Waals surface area contributed by atoms with E-state index in [1.54, 1.807) is 32.3 Å². The van der Waals surface area contributed by atoms with Gasteiger partial charge in [0.2, 0.25) is 12.2 Å². The molecule has 0 unspecified atom stereocenters. The number of pyridine rings is 1. The summed E-state index contributed by atoms with van der Waals surface area (Å²) in [5.41, 5.74) is 0.280. The van der Waals surface area contributed by atoms with E-state index in [9.17, 15) is 9.59 Å². The number of Topliss-reactive ketones (excluding diaryl/α,β-unsaturated/α-hetero) is 1. The summed E-state index contributed by atoms with van der Waals surface area (Å²) < 4.78 is 0.594. The average Bonchev–Trinajstić information content (AvgIpc) is 2.28. The van der Waals surface area contributed by atoms with Gasteiger partial charge in [0.25, 0.3) is 0 Å². The van der Waals surface area contributed by atoms with Crippen LogP contribution in [0.15, 0.2) is 22.8 Å². The fourth-order valence-electron chi connectivity index (χ4n) is 0.645. The van der Waals surface area contributed by atoms with E-state index in [4.69, 9.17) is 5.11 Å². The first kappa shape index (κ1) is 14.7. The number of carbonyl (C=O) groups is 2. The van der Waals surface area contributed by atoms with Gasteiger partial charge in [-0.25, -0.2) is 4.98 Å². The first-order chi connectivity index (χ1) is 7.51. The number of halogens is 1. The predicted molar refractivity (Wildman–Crippen MR) is 63.1 cm³/mol. The Morgan fingerprint density at radius 3 is 2.50 bits per heavy atom. The zero-order chi connectivity index (χ0) is 12.6. The third-order valence-electron chi connectivity index (χ3n) is 1.36. The minimum absolute atomic E-state index is 0.280. The highest BCUT2D eigenvalue weighted by Crippen LogP contribution is 2.06. The average molecular weight is 289 g/mol. The van der Waals surface area contributed by atoms with Gasteiger partial charge in [0, 0.05) is 14.1 Å². The van der Waals surface area contributed by atoms with E-state index >= 15 is 0 Å². The maximum absolute atomic E-state index is 10.8. The van der Waals surface area contributed by atoms with Crippen LogP contribution in [0.4, 0.5) is 0 Å². The lowest BCUT2D eigenvalue weighted by Gasteiger charge is -1.95. The molecule has 5 nitrogen and oxygen atoms in total. The highest BCUT2D eigenvalue weighted by Gasteiger charge is 2.04. The molecule has 0 aliphatic heterocycles. The molecule has 1 heterocycles. The van der Waals surface area contributed by atoms with Crippen molar-refractivity contribution in [3.63, 3.8) is 0 Å². The van der Waals surface area contributed by atoms with Crippen LogP contribution in [0.3, 0.4) is 0 Å². The number of nitrogens with zero attached hydrogens (tertiary/aromatic N) is 2. The number of carbonyl (C=O) groups excluding carboxylic acids is 2. The van der Waals surface area contributed by atoms with Crippen LogP contribution in [-0.4, -0.2) is 47.9 Å². The molecule has 0 fully saturated rings. The van der Waals surface area contributed by atoms with Crippen LogP contribution in [0.1, 0.15) is 10.5 Å². The zero-order valence-electron chi connectivity index (χ0n) is 9.05. The Bertz CT molecular complexity index is 356. The Morgan fingerprint density at radius 2 is 2.12 bits per heavy atom. The number of aliphatic hydroxyl groups is 1. The van der Waals surface area contributed by atoms with Crippen LogP contribution in [0.2, 0.25) is 0 Å². The van der Waals surface area contributed by atoms with E-state index < -0.39 is 6.61 Å². The number of aliphatic hydroxyl groups excluding tert-OH is 1. The van der Waals surface area contributed by atoms with Crippen molar-refractivity contribution in [1.29, 1.82) is 0 Å². The number of hydrogen-bond acceptors (Lipinski definition) is 4. The van der Waals surface area contributed by atoms with Gasteiger partial charge >= 0.3 is 0 Å². The molecule has 0 aliphatic carbocycles. The SMILES string of the molecule is CN(C)C=O.O=C(CO)c1cccc(Br)n1. The van der Waals surface area contributed by atoms with Crippen molar-refractivity contribution < 1.29 is 14.7 Å². The summed E-state index contributed by atoms with van der Waals surface area (Å²) >= 11 is 3.11. The zero-order valence-corrected chi connectivity index (χ0v) is 10.6. The quantitative estimate of drug-likeness (QED) is 0.506. The highest BCUT2D eigenvalue weighted by atomic mass is 79.9. The van der Waals surface area contributed by atoms with Gasteiger partial charge in [-0.15, -0.1) is 0 Å². The molecule has 6 heteroatoms. The second-order valence-corrected chi connectivity index (χ2v) is 3.81. The molecule has 1 amide bonds. The fraction of sp³-hybridized carbons (Fsp3) is 0.300. The molecule has 1 aromatic rings. The summed E-state index contributed by atoms with van der Waals surface area (Å²) in [4.78, 5) is 25.6. The Hall–Kier alpha value is -1.27. The molecule has 16 heavy (non-hydrogen) atoms. The first-order valence-electron chi connectivity index (χ1n) is 4.39. The van der Waals surface area contributed by atoms with E-state index in [2.05, 4.69) is 20.9 Å². The molecular weight excluding hydrogens is 276 g/mol. The van der Waals surface area contributed by atoms with Crippen LogP contribution in [0, 0.1) is 0 Å². The molecule has 0 bridgehead atoms. The molecule has 1 rings (SSSR count). The van der Waals surface area contributed by atoms with Gasteiger partial charge in [0.15, 0.2) is 0 Å². The largest absolute Gasteiger partial charge is 0.388 e. The topological polar surface area (TPSA) is 70.5 Å². The van der Waals surface area contributed by atoms with Gasteiger partial charge in [0.05, 0.1) is 0 Å². The molecule has 0 saturated heterocycles. The number of hydrogen-bond donors (Lipinski definition) is 1. The van der Waals surface area contributed by atoms with Crippen LogP contribution >= 0.6 is 15.9 Å². The summed E-state index contributed by atoms with van der Waals surface area (Å²) in [7, 11) is 3.38. The Balaban J connectivity index is 0.000000385. The van der Waals surface area contributed by atoms with Crippen molar-refractivity contribution in [2.24, 2.45) is 0 Å². The normalized spacial score (nSPS) is 8.75. The lowest BCUT2D eigenvalue weighted by Crippen LogP contribution is -2.06. The van der Waals surface area contributed by atoms with E-state index in [0.717, 1.165) is 6.41 Å². The van der Waals surface area contributed by atoms with Crippen molar-refractivity contribution in [3.8, 4) is 0 Å². The molecular formula is C10H13BrN2O3. The fourth-order valence-corrected chi connectivity index (χ4v) is 0.988. The second kappa shape index (κ2) is 7.95. The van der Waals surface area contributed by atoms with Gasteiger partial charge in [-0.05, 0) is 28.1 Å². The molecule has 0 aromatic carbocycles. The lowest BCUT2D eigenvalue weighted by atomic mass is 10.3. The standard InChI is InChI=1S/C7H6BrNO2.C3H7NO/c8-7-3-1-2-5(9-7)6(11)4-10;1-4(2)3-5/h1-3,10H,4H2;3H,1-2H3.